The van der Waals surface area contributed by atoms with E-state index in [0.717, 1.165) is 11.3 Å². The van der Waals surface area contributed by atoms with Gasteiger partial charge in [-0.25, -0.2) is 4.68 Å². The van der Waals surface area contributed by atoms with Crippen LogP contribution in [0.5, 0.6) is 5.75 Å². The van der Waals surface area contributed by atoms with Gasteiger partial charge in [0.25, 0.3) is 5.56 Å². The number of rotatable bonds is 4. The Morgan fingerprint density at radius 2 is 2.35 bits per heavy atom. The molecule has 1 N–H and O–H groups in total. The van der Waals surface area contributed by atoms with Gasteiger partial charge in [0, 0.05) is 6.54 Å². The van der Waals surface area contributed by atoms with Gasteiger partial charge in [0.2, 0.25) is 0 Å². The molecule has 0 saturated heterocycles. The highest BCUT2D eigenvalue weighted by Crippen LogP contribution is 2.33. The Kier molecular flexibility index (Phi) is 3.28. The highest BCUT2D eigenvalue weighted by atomic mass is 32.1. The van der Waals surface area contributed by atoms with Crippen LogP contribution in [0, 0.1) is 17.2 Å². The third-order valence-electron chi connectivity index (χ3n) is 3.44. The summed E-state index contributed by atoms with van der Waals surface area (Å²) < 4.78 is 1.31. The topological polar surface area (TPSA) is 78.9 Å². The summed E-state index contributed by atoms with van der Waals surface area (Å²) in [6.45, 7) is 0.497. The second-order valence-corrected chi connectivity index (χ2v) is 5.87. The average Bonchev–Trinajstić information content (AvgIpc) is 3.11. The van der Waals surface area contributed by atoms with Crippen LogP contribution in [0.1, 0.15) is 24.8 Å². The molecule has 1 aliphatic carbocycles. The minimum Gasteiger partial charge on any atom is -0.504 e. The first-order chi connectivity index (χ1) is 9.70. The molecule has 0 atom stereocenters. The van der Waals surface area contributed by atoms with Crippen molar-refractivity contribution < 1.29 is 5.11 Å². The van der Waals surface area contributed by atoms with Gasteiger partial charge in [-0.3, -0.25) is 4.79 Å². The van der Waals surface area contributed by atoms with Crippen LogP contribution < -0.4 is 5.56 Å². The van der Waals surface area contributed by atoms with Gasteiger partial charge in [0.05, 0.1) is 4.88 Å². The maximum atomic E-state index is 12.1. The standard InChI is InChI=1S/C14H13N3O2S/c15-8-10-13(18)12(11-2-1-7-20-11)16-17(14(10)19)6-5-9-3-4-9/h1-2,7,9,18H,3-6H2. The summed E-state index contributed by atoms with van der Waals surface area (Å²) in [6.07, 6.45) is 3.30. The zero-order valence-corrected chi connectivity index (χ0v) is 11.6. The van der Waals surface area contributed by atoms with Crippen molar-refractivity contribution in [1.29, 1.82) is 5.26 Å². The number of hydrogen-bond donors (Lipinski definition) is 1. The summed E-state index contributed by atoms with van der Waals surface area (Å²) in [6, 6.07) is 5.44. The maximum Gasteiger partial charge on any atom is 0.288 e. The molecule has 1 saturated carbocycles. The number of hydrogen-bond acceptors (Lipinski definition) is 5. The van der Waals surface area contributed by atoms with Crippen molar-refractivity contribution in [3.63, 3.8) is 0 Å². The van der Waals surface area contributed by atoms with E-state index in [4.69, 9.17) is 5.26 Å². The Morgan fingerprint density at radius 1 is 1.55 bits per heavy atom. The van der Waals surface area contributed by atoms with E-state index in [-0.39, 0.29) is 11.3 Å². The molecule has 5 nitrogen and oxygen atoms in total. The number of aromatic hydroxyl groups is 1. The number of nitrogens with zero attached hydrogens (tertiary/aromatic N) is 3. The molecule has 1 fully saturated rings. The van der Waals surface area contributed by atoms with Gasteiger partial charge < -0.3 is 5.11 Å². The Hall–Kier alpha value is -2.13. The van der Waals surface area contributed by atoms with Crippen molar-refractivity contribution in [2.75, 3.05) is 0 Å². The van der Waals surface area contributed by atoms with Gasteiger partial charge in [-0.15, -0.1) is 11.3 Å². The van der Waals surface area contributed by atoms with Crippen LogP contribution in [0.15, 0.2) is 22.3 Å². The Balaban J connectivity index is 2.07. The maximum absolute atomic E-state index is 12.1. The highest BCUT2D eigenvalue weighted by Gasteiger charge is 2.23. The molecule has 0 radical (unpaired) electrons. The summed E-state index contributed by atoms with van der Waals surface area (Å²) in [5.74, 6) is 0.357. The molecule has 102 valence electrons. The van der Waals surface area contributed by atoms with Gasteiger partial charge in [0.15, 0.2) is 11.3 Å². The fourth-order valence-electron chi connectivity index (χ4n) is 2.11. The van der Waals surface area contributed by atoms with E-state index in [1.165, 1.54) is 28.9 Å². The molecule has 0 aliphatic heterocycles. The second kappa shape index (κ2) is 5.10. The molecule has 0 amide bonds. The molecule has 0 unspecified atom stereocenters. The number of aromatic nitrogens is 2. The normalized spacial score (nSPS) is 14.2. The van der Waals surface area contributed by atoms with E-state index >= 15 is 0 Å². The van der Waals surface area contributed by atoms with Crippen LogP contribution in [-0.2, 0) is 6.54 Å². The Morgan fingerprint density at radius 3 is 2.95 bits per heavy atom. The quantitative estimate of drug-likeness (QED) is 0.936. The van der Waals surface area contributed by atoms with Gasteiger partial charge in [-0.05, 0) is 23.8 Å². The molecule has 3 rings (SSSR count). The lowest BCUT2D eigenvalue weighted by Gasteiger charge is -2.09. The molecule has 20 heavy (non-hydrogen) atoms. The summed E-state index contributed by atoms with van der Waals surface area (Å²) in [5, 5.41) is 25.3. The first-order valence-corrected chi connectivity index (χ1v) is 7.36. The zero-order valence-electron chi connectivity index (χ0n) is 10.7. The Labute approximate surface area is 119 Å². The van der Waals surface area contributed by atoms with Crippen molar-refractivity contribution >= 4 is 11.3 Å². The van der Waals surface area contributed by atoms with E-state index in [9.17, 15) is 9.90 Å². The van der Waals surface area contributed by atoms with Crippen molar-refractivity contribution in [3.8, 4) is 22.4 Å². The lowest BCUT2D eigenvalue weighted by atomic mass is 10.2. The molecular formula is C14H13N3O2S. The molecule has 0 aromatic carbocycles. The van der Waals surface area contributed by atoms with Crippen LogP contribution >= 0.6 is 11.3 Å². The average molecular weight is 287 g/mol. The minimum atomic E-state index is -0.508. The van der Waals surface area contributed by atoms with Crippen LogP contribution in [-0.4, -0.2) is 14.9 Å². The van der Waals surface area contributed by atoms with E-state index in [1.807, 2.05) is 17.5 Å². The molecule has 0 bridgehead atoms. The third kappa shape index (κ3) is 2.32. The number of aryl methyl sites for hydroxylation is 1. The SMILES string of the molecule is N#Cc1c(O)c(-c2cccs2)nn(CCC2CC2)c1=O. The van der Waals surface area contributed by atoms with Gasteiger partial charge in [0.1, 0.15) is 11.8 Å². The molecule has 2 heterocycles. The summed E-state index contributed by atoms with van der Waals surface area (Å²) in [7, 11) is 0. The van der Waals surface area contributed by atoms with Crippen molar-refractivity contribution in [2.24, 2.45) is 5.92 Å². The molecule has 2 aromatic rings. The zero-order chi connectivity index (χ0) is 14.1. The molecule has 2 aromatic heterocycles. The van der Waals surface area contributed by atoms with Crippen LogP contribution in [0.25, 0.3) is 10.6 Å². The van der Waals surface area contributed by atoms with Crippen molar-refractivity contribution in [1.82, 2.24) is 9.78 Å². The van der Waals surface area contributed by atoms with Gasteiger partial charge in [-0.2, -0.15) is 10.4 Å². The van der Waals surface area contributed by atoms with Crippen molar-refractivity contribution in [3.05, 3.63) is 33.4 Å². The van der Waals surface area contributed by atoms with Gasteiger partial charge >= 0.3 is 0 Å². The van der Waals surface area contributed by atoms with E-state index in [2.05, 4.69) is 5.10 Å². The van der Waals surface area contributed by atoms with Crippen LogP contribution in [0.4, 0.5) is 0 Å². The number of thiophene rings is 1. The third-order valence-corrected chi connectivity index (χ3v) is 4.32. The van der Waals surface area contributed by atoms with E-state index < -0.39 is 5.56 Å². The van der Waals surface area contributed by atoms with E-state index in [1.54, 1.807) is 6.07 Å². The summed E-state index contributed by atoms with van der Waals surface area (Å²) in [5.41, 5.74) is -0.419. The summed E-state index contributed by atoms with van der Waals surface area (Å²) >= 11 is 1.41. The summed E-state index contributed by atoms with van der Waals surface area (Å²) in [4.78, 5) is 12.8. The first kappa shape index (κ1) is 12.9. The molecule has 6 heteroatoms. The Bertz CT molecular complexity index is 724. The second-order valence-electron chi connectivity index (χ2n) is 4.92. The van der Waals surface area contributed by atoms with Crippen LogP contribution in [0.3, 0.4) is 0 Å². The monoisotopic (exact) mass is 287 g/mol. The smallest absolute Gasteiger partial charge is 0.288 e. The lowest BCUT2D eigenvalue weighted by molar-refractivity contribution is 0.455. The fourth-order valence-corrected chi connectivity index (χ4v) is 2.82. The van der Waals surface area contributed by atoms with Crippen LogP contribution in [0.2, 0.25) is 0 Å². The highest BCUT2D eigenvalue weighted by molar-refractivity contribution is 7.13. The predicted octanol–water partition coefficient (Wildman–Crippen LogP) is 2.35. The lowest BCUT2D eigenvalue weighted by Crippen LogP contribution is -2.26. The minimum absolute atomic E-state index is 0.223. The molecular weight excluding hydrogens is 274 g/mol. The number of nitriles is 1. The fraction of sp³-hybridized carbons (Fsp3) is 0.357. The van der Waals surface area contributed by atoms with Gasteiger partial charge in [-0.1, -0.05) is 18.9 Å². The predicted molar refractivity (Wildman–Crippen MR) is 75.5 cm³/mol. The van der Waals surface area contributed by atoms with Crippen molar-refractivity contribution in [2.45, 2.75) is 25.8 Å². The largest absolute Gasteiger partial charge is 0.504 e. The molecule has 0 spiro atoms. The molecule has 1 aliphatic rings. The first-order valence-electron chi connectivity index (χ1n) is 6.48. The van der Waals surface area contributed by atoms with E-state index in [0.29, 0.717) is 18.2 Å².